The summed E-state index contributed by atoms with van der Waals surface area (Å²) in [5.41, 5.74) is 6.71. The van der Waals surface area contributed by atoms with Crippen molar-refractivity contribution in [2.45, 2.75) is 145 Å². The molecule has 4 rings (SSSR count). The van der Waals surface area contributed by atoms with Gasteiger partial charge in [-0.2, -0.15) is 0 Å². The number of unbranched alkanes of at least 4 members (excludes halogenated alkanes) is 4. The van der Waals surface area contributed by atoms with Crippen molar-refractivity contribution < 1.29 is 43.5 Å². The van der Waals surface area contributed by atoms with E-state index in [1.807, 2.05) is 6.56 Å². The van der Waals surface area contributed by atoms with Crippen molar-refractivity contribution in [3.05, 3.63) is 84.0 Å². The van der Waals surface area contributed by atoms with Gasteiger partial charge < -0.3 is 0 Å². The first-order valence-electron chi connectivity index (χ1n) is 17.4. The molecule has 0 bridgehead atoms. The van der Waals surface area contributed by atoms with E-state index in [1.165, 1.54) is 103 Å². The first-order chi connectivity index (χ1) is 20.4. The van der Waals surface area contributed by atoms with Crippen molar-refractivity contribution in [2.75, 3.05) is 0 Å². The molecule has 0 nitrogen and oxygen atoms in total. The predicted molar refractivity (Wildman–Crippen MR) is 182 cm³/mol. The summed E-state index contributed by atoms with van der Waals surface area (Å²) >= 11 is 3.75. The second kappa shape index (κ2) is 19.5. The van der Waals surface area contributed by atoms with Gasteiger partial charge in [0.1, 0.15) is 0 Å². The van der Waals surface area contributed by atoms with E-state index in [9.17, 15) is 0 Å². The van der Waals surface area contributed by atoms with Crippen LogP contribution in [0.2, 0.25) is 4.63 Å². The average molecular weight is 746 g/mol. The van der Waals surface area contributed by atoms with E-state index in [4.69, 9.17) is 11.6 Å². The summed E-state index contributed by atoms with van der Waals surface area (Å²) in [4.78, 5) is 0. The zero-order chi connectivity index (χ0) is 30.4. The van der Waals surface area contributed by atoms with Crippen LogP contribution in [0.15, 0.2) is 84.0 Å². The Bertz CT molecular complexity index is 1050. The van der Waals surface area contributed by atoms with Gasteiger partial charge in [0.2, 0.25) is 0 Å². The molecule has 4 aliphatic rings. The van der Waals surface area contributed by atoms with Crippen LogP contribution in [0.25, 0.3) is 0 Å². The van der Waals surface area contributed by atoms with Gasteiger partial charge in [0, 0.05) is 0 Å². The summed E-state index contributed by atoms with van der Waals surface area (Å²) in [6, 6.07) is 0. The molecule has 0 spiro atoms. The molecule has 0 fully saturated rings. The molecule has 0 aromatic heterocycles. The molecule has 0 aromatic carbocycles. The Balaban J connectivity index is 0.000000235. The van der Waals surface area contributed by atoms with Crippen molar-refractivity contribution in [3.63, 3.8) is 0 Å². The normalized spacial score (nSPS) is 18.7. The van der Waals surface area contributed by atoms with Crippen LogP contribution in [0.1, 0.15) is 137 Å². The number of hydrogen-bond acceptors (Lipinski definition) is 0. The molecule has 0 saturated carbocycles. The average Bonchev–Trinajstić information content (AvgIpc) is 3.81. The van der Waals surface area contributed by atoms with Gasteiger partial charge in [-0.05, 0) is 0 Å². The standard InChI is InChI=1S/4C9H13.C2H4Cl.CH3.2Zr/c4*1-2-3-6-9-7-4-5-8-9;1-2-3;;;/h4*4,7H,2-3,5-6H2,1H3;2H,1H3;1H3;;. The molecular weight excluding hydrogens is 686 g/mol. The summed E-state index contributed by atoms with van der Waals surface area (Å²) < 4.78 is 10.3. The zero-order valence-electron chi connectivity index (χ0n) is 27.9. The molecule has 0 aromatic rings. The van der Waals surface area contributed by atoms with Crippen molar-refractivity contribution in [3.8, 4) is 0 Å². The van der Waals surface area contributed by atoms with E-state index in [1.54, 1.807) is 28.9 Å². The van der Waals surface area contributed by atoms with E-state index < -0.39 is 43.5 Å². The van der Waals surface area contributed by atoms with E-state index in [0.717, 1.165) is 0 Å². The predicted octanol–water partition coefficient (Wildman–Crippen LogP) is 13.5. The van der Waals surface area contributed by atoms with E-state index in [0.29, 0.717) is 3.08 Å². The molecule has 42 heavy (non-hydrogen) atoms. The van der Waals surface area contributed by atoms with Crippen LogP contribution in [-0.4, -0.2) is 3.08 Å². The Kier molecular flexibility index (Phi) is 16.9. The molecule has 0 heterocycles. The van der Waals surface area contributed by atoms with Gasteiger partial charge >= 0.3 is 284 Å². The van der Waals surface area contributed by atoms with Gasteiger partial charge in [0.05, 0.1) is 0 Å². The molecule has 0 amide bonds. The third kappa shape index (κ3) is 9.99. The van der Waals surface area contributed by atoms with Crippen molar-refractivity contribution in [1.82, 2.24) is 0 Å². The van der Waals surface area contributed by atoms with Gasteiger partial charge in [-0.3, -0.25) is 0 Å². The fourth-order valence-electron chi connectivity index (χ4n) is 6.81. The Morgan fingerprint density at radius 1 is 0.595 bits per heavy atom. The second-order valence-corrected chi connectivity index (χ2v) is 28.9. The molecule has 0 N–H and O–H groups in total. The minimum absolute atomic E-state index is 0.336. The van der Waals surface area contributed by atoms with Crippen LogP contribution in [0, 0.1) is 0 Å². The summed E-state index contributed by atoms with van der Waals surface area (Å²) in [5.74, 6) is 0. The molecule has 4 aliphatic carbocycles. The summed E-state index contributed by atoms with van der Waals surface area (Å²) in [6.07, 6.45) is 39.8. The maximum atomic E-state index is 6.91. The summed E-state index contributed by atoms with van der Waals surface area (Å²) in [7, 11) is 0. The number of halogens is 1. The third-order valence-corrected chi connectivity index (χ3v) is 29.0. The number of rotatable bonds is 17. The first-order valence-corrected chi connectivity index (χ1v) is 26.6. The summed E-state index contributed by atoms with van der Waals surface area (Å²) in [6.45, 7) is 11.5. The second-order valence-electron chi connectivity index (χ2n) is 12.8. The van der Waals surface area contributed by atoms with E-state index in [-0.39, 0.29) is 0 Å². The quantitative estimate of drug-likeness (QED) is 0.130. The van der Waals surface area contributed by atoms with Crippen LogP contribution < -0.4 is 0 Å². The van der Waals surface area contributed by atoms with Crippen LogP contribution in [0.4, 0.5) is 0 Å². The number of alkyl halides is 1. The zero-order valence-corrected chi connectivity index (χ0v) is 33.6. The first kappa shape index (κ1) is 36.4. The molecular formula is C39H59ClZr2. The Morgan fingerprint density at radius 3 is 1.29 bits per heavy atom. The van der Waals surface area contributed by atoms with Crippen molar-refractivity contribution in [1.29, 1.82) is 0 Å². The van der Waals surface area contributed by atoms with Gasteiger partial charge in [0.15, 0.2) is 0 Å². The monoisotopic (exact) mass is 742 g/mol. The van der Waals surface area contributed by atoms with Crippen molar-refractivity contribution in [2.24, 2.45) is 0 Å². The molecule has 1 unspecified atom stereocenters. The van der Waals surface area contributed by atoms with E-state index in [2.05, 4.69) is 87.9 Å². The SMILES string of the molecule is CCCCC1=[C]([Zr]([CH3])([C]2=C(CCCC)C=CC2)[CH](C)Cl)CC=C1.CCCCC1=[C]([Zr][C]2=C(CCCC)C=CC2)CC=C1. The van der Waals surface area contributed by atoms with E-state index >= 15 is 0 Å². The fourth-order valence-corrected chi connectivity index (χ4v) is 22.4. The Hall–Kier alpha value is -0.0238. The van der Waals surface area contributed by atoms with Crippen LogP contribution in [0.3, 0.4) is 0 Å². The number of hydrogen-bond donors (Lipinski definition) is 0. The number of allylic oxidation sites excluding steroid dienone is 16. The van der Waals surface area contributed by atoms with Gasteiger partial charge in [-0.1, -0.05) is 0 Å². The van der Waals surface area contributed by atoms with Gasteiger partial charge in [-0.15, -0.1) is 0 Å². The minimum atomic E-state index is -2.70. The fraction of sp³-hybridized carbons (Fsp3) is 0.590. The Labute approximate surface area is 281 Å². The maximum absolute atomic E-state index is 6.91. The summed E-state index contributed by atoms with van der Waals surface area (Å²) in [5, 5.41) is 0. The molecule has 0 radical (unpaired) electrons. The molecule has 0 saturated heterocycles. The molecule has 1 atom stereocenters. The van der Waals surface area contributed by atoms with Crippen LogP contribution in [0.5, 0.6) is 0 Å². The van der Waals surface area contributed by atoms with Crippen molar-refractivity contribution >= 4 is 11.6 Å². The van der Waals surface area contributed by atoms with Crippen LogP contribution in [-0.2, 0) is 43.5 Å². The molecule has 3 heteroatoms. The topological polar surface area (TPSA) is 0 Å². The van der Waals surface area contributed by atoms with Crippen LogP contribution >= 0.6 is 11.6 Å². The third-order valence-electron chi connectivity index (χ3n) is 9.66. The van der Waals surface area contributed by atoms with Gasteiger partial charge in [0.25, 0.3) is 0 Å². The van der Waals surface area contributed by atoms with Gasteiger partial charge in [-0.25, -0.2) is 0 Å². The Morgan fingerprint density at radius 2 is 0.929 bits per heavy atom. The molecule has 0 aliphatic heterocycles. The molecule has 230 valence electrons.